The van der Waals surface area contributed by atoms with Crippen molar-refractivity contribution in [2.24, 2.45) is 16.3 Å². The minimum atomic E-state index is -0.847. The number of rotatable bonds is 2. The van der Waals surface area contributed by atoms with E-state index in [1.807, 2.05) is 0 Å². The topological polar surface area (TPSA) is 99.2 Å². The molecule has 1 saturated heterocycles. The lowest BCUT2D eigenvalue weighted by Gasteiger charge is -2.32. The van der Waals surface area contributed by atoms with Gasteiger partial charge in [0.1, 0.15) is 5.41 Å². The van der Waals surface area contributed by atoms with Crippen LogP contribution in [0, 0.1) is 5.41 Å². The Bertz CT molecular complexity index is 444. The van der Waals surface area contributed by atoms with Gasteiger partial charge in [-0.2, -0.15) is 0 Å². The van der Waals surface area contributed by atoms with Gasteiger partial charge in [0.25, 0.3) is 0 Å². The fourth-order valence-corrected chi connectivity index (χ4v) is 3.39. The molecule has 0 unspecified atom stereocenters. The summed E-state index contributed by atoms with van der Waals surface area (Å²) in [6.45, 7) is 3.90. The molecule has 118 valence electrons. The van der Waals surface area contributed by atoms with Crippen LogP contribution in [0.2, 0.25) is 0 Å². The minimum absolute atomic E-state index is 0.0256. The maximum absolute atomic E-state index is 12.9. The smallest absolute Gasteiger partial charge is 0.236 e. The van der Waals surface area contributed by atoms with Crippen molar-refractivity contribution in [2.45, 2.75) is 39.0 Å². The van der Waals surface area contributed by atoms with Crippen LogP contribution in [0.1, 0.15) is 39.0 Å². The fraction of sp³-hybridized carbons (Fsp3) is 0.786. The number of amides is 2. The summed E-state index contributed by atoms with van der Waals surface area (Å²) in [6.07, 6.45) is 3.85. The standard InChI is InChI=1S/C14H24N4O3/c1-11(19)17-7-4-8-18(10-9-17)13(20)14(12(15)16-21)5-2-3-6-14/h21H,2-10H2,1H3,(H2,15,16). The Hall–Kier alpha value is -1.79. The molecule has 0 spiro atoms. The Morgan fingerprint density at radius 3 is 2.19 bits per heavy atom. The van der Waals surface area contributed by atoms with Crippen LogP contribution in [0.25, 0.3) is 0 Å². The van der Waals surface area contributed by atoms with Crippen LogP contribution in [0.5, 0.6) is 0 Å². The van der Waals surface area contributed by atoms with Crippen molar-refractivity contribution in [1.29, 1.82) is 0 Å². The second kappa shape index (κ2) is 6.32. The predicted octanol–water partition coefficient (Wildman–Crippen LogP) is 0.374. The van der Waals surface area contributed by atoms with Crippen molar-refractivity contribution in [3.63, 3.8) is 0 Å². The van der Waals surface area contributed by atoms with Crippen molar-refractivity contribution in [1.82, 2.24) is 9.80 Å². The zero-order valence-electron chi connectivity index (χ0n) is 12.5. The lowest BCUT2D eigenvalue weighted by molar-refractivity contribution is -0.138. The number of carbonyl (C=O) groups is 2. The highest BCUT2D eigenvalue weighted by atomic mass is 16.4. The van der Waals surface area contributed by atoms with Gasteiger partial charge in [0, 0.05) is 33.1 Å². The third-order valence-corrected chi connectivity index (χ3v) is 4.69. The molecule has 0 aromatic rings. The highest BCUT2D eigenvalue weighted by molar-refractivity contribution is 6.07. The van der Waals surface area contributed by atoms with Crippen molar-refractivity contribution in [2.75, 3.05) is 26.2 Å². The molecule has 0 radical (unpaired) electrons. The van der Waals surface area contributed by atoms with E-state index in [4.69, 9.17) is 10.9 Å². The number of nitrogens with two attached hydrogens (primary N) is 1. The number of amidine groups is 1. The quantitative estimate of drug-likeness (QED) is 0.333. The second-order valence-electron chi connectivity index (χ2n) is 5.93. The Kier molecular flexibility index (Phi) is 4.69. The Morgan fingerprint density at radius 1 is 1.05 bits per heavy atom. The summed E-state index contributed by atoms with van der Waals surface area (Å²) in [5, 5.41) is 12.1. The fourth-order valence-electron chi connectivity index (χ4n) is 3.39. The van der Waals surface area contributed by atoms with Gasteiger partial charge in [-0.1, -0.05) is 18.0 Å². The summed E-state index contributed by atoms with van der Waals surface area (Å²) in [6, 6.07) is 0. The summed E-state index contributed by atoms with van der Waals surface area (Å²) in [5.74, 6) is 0.00897. The van der Waals surface area contributed by atoms with Gasteiger partial charge in [0.15, 0.2) is 5.84 Å². The molecular weight excluding hydrogens is 272 g/mol. The van der Waals surface area contributed by atoms with Crippen LogP contribution in [0.15, 0.2) is 5.16 Å². The zero-order chi connectivity index (χ0) is 15.5. The average molecular weight is 296 g/mol. The van der Waals surface area contributed by atoms with E-state index in [0.717, 1.165) is 19.3 Å². The highest BCUT2D eigenvalue weighted by Gasteiger charge is 2.47. The van der Waals surface area contributed by atoms with Gasteiger partial charge in [-0.3, -0.25) is 9.59 Å². The number of hydrogen-bond donors (Lipinski definition) is 2. The molecule has 1 aliphatic heterocycles. The summed E-state index contributed by atoms with van der Waals surface area (Å²) < 4.78 is 0. The van der Waals surface area contributed by atoms with E-state index in [2.05, 4.69) is 5.16 Å². The van der Waals surface area contributed by atoms with E-state index in [9.17, 15) is 9.59 Å². The summed E-state index contributed by atoms with van der Waals surface area (Å²) in [7, 11) is 0. The molecule has 1 aliphatic carbocycles. The van der Waals surface area contributed by atoms with E-state index >= 15 is 0 Å². The second-order valence-corrected chi connectivity index (χ2v) is 5.93. The molecular formula is C14H24N4O3. The molecule has 0 aromatic carbocycles. The molecule has 0 atom stereocenters. The van der Waals surface area contributed by atoms with E-state index in [1.54, 1.807) is 16.7 Å². The predicted molar refractivity (Wildman–Crippen MR) is 77.8 cm³/mol. The third-order valence-electron chi connectivity index (χ3n) is 4.69. The highest BCUT2D eigenvalue weighted by Crippen LogP contribution is 2.40. The SMILES string of the molecule is CC(=O)N1CCCN(C(=O)C2(C(N)=NO)CCCC2)CC1. The van der Waals surface area contributed by atoms with Crippen molar-refractivity contribution >= 4 is 17.6 Å². The molecule has 7 heteroatoms. The van der Waals surface area contributed by atoms with Gasteiger partial charge in [-0.15, -0.1) is 0 Å². The molecule has 2 fully saturated rings. The maximum atomic E-state index is 12.9. The van der Waals surface area contributed by atoms with Crippen molar-refractivity contribution < 1.29 is 14.8 Å². The number of carbonyl (C=O) groups excluding carboxylic acids is 2. The molecule has 7 nitrogen and oxygen atoms in total. The third kappa shape index (κ3) is 2.96. The first-order chi connectivity index (χ1) is 10.0. The lowest BCUT2D eigenvalue weighted by atomic mass is 9.83. The molecule has 2 aliphatic rings. The number of nitrogens with zero attached hydrogens (tertiary/aromatic N) is 3. The summed E-state index contributed by atoms with van der Waals surface area (Å²) in [5.41, 5.74) is 4.98. The molecule has 0 bridgehead atoms. The first kappa shape index (κ1) is 15.6. The van der Waals surface area contributed by atoms with Gasteiger partial charge in [-0.05, 0) is 19.3 Å². The molecule has 3 N–H and O–H groups in total. The van der Waals surface area contributed by atoms with E-state index < -0.39 is 5.41 Å². The summed E-state index contributed by atoms with van der Waals surface area (Å²) in [4.78, 5) is 27.9. The molecule has 2 amide bonds. The minimum Gasteiger partial charge on any atom is -0.409 e. The molecule has 2 rings (SSSR count). The summed E-state index contributed by atoms with van der Waals surface area (Å²) >= 11 is 0. The Morgan fingerprint density at radius 2 is 1.62 bits per heavy atom. The zero-order valence-corrected chi connectivity index (χ0v) is 12.5. The monoisotopic (exact) mass is 296 g/mol. The van der Waals surface area contributed by atoms with Gasteiger partial charge < -0.3 is 20.7 Å². The largest absolute Gasteiger partial charge is 0.409 e. The molecule has 0 aromatic heterocycles. The van der Waals surface area contributed by atoms with Crippen LogP contribution in [0.3, 0.4) is 0 Å². The lowest BCUT2D eigenvalue weighted by Crippen LogP contribution is -2.51. The van der Waals surface area contributed by atoms with Crippen LogP contribution in [0.4, 0.5) is 0 Å². The molecule has 21 heavy (non-hydrogen) atoms. The first-order valence-electron chi connectivity index (χ1n) is 7.54. The van der Waals surface area contributed by atoms with Crippen LogP contribution in [-0.2, 0) is 9.59 Å². The average Bonchev–Trinajstić information content (AvgIpc) is 2.84. The van der Waals surface area contributed by atoms with Crippen LogP contribution in [-0.4, -0.2) is 58.8 Å². The van der Waals surface area contributed by atoms with Crippen LogP contribution < -0.4 is 5.73 Å². The normalized spacial score (nSPS) is 23.0. The van der Waals surface area contributed by atoms with E-state index in [1.165, 1.54) is 0 Å². The Labute approximate surface area is 124 Å². The molecule has 1 saturated carbocycles. The van der Waals surface area contributed by atoms with E-state index in [0.29, 0.717) is 39.0 Å². The van der Waals surface area contributed by atoms with Gasteiger partial charge in [-0.25, -0.2) is 0 Å². The van der Waals surface area contributed by atoms with Crippen molar-refractivity contribution in [3.8, 4) is 0 Å². The first-order valence-corrected chi connectivity index (χ1v) is 7.54. The van der Waals surface area contributed by atoms with Crippen molar-refractivity contribution in [3.05, 3.63) is 0 Å². The number of oxime groups is 1. The van der Waals surface area contributed by atoms with Gasteiger partial charge in [0.2, 0.25) is 11.8 Å². The Balaban J connectivity index is 2.13. The maximum Gasteiger partial charge on any atom is 0.236 e. The van der Waals surface area contributed by atoms with Gasteiger partial charge in [0.05, 0.1) is 0 Å². The number of hydrogen-bond acceptors (Lipinski definition) is 4. The molecule has 1 heterocycles. The van der Waals surface area contributed by atoms with Gasteiger partial charge >= 0.3 is 0 Å². The van der Waals surface area contributed by atoms with Crippen LogP contribution >= 0.6 is 0 Å². The van der Waals surface area contributed by atoms with E-state index in [-0.39, 0.29) is 17.6 Å².